The van der Waals surface area contributed by atoms with Crippen molar-refractivity contribution in [3.63, 3.8) is 0 Å². The zero-order valence-electron chi connectivity index (χ0n) is 21.3. The van der Waals surface area contributed by atoms with E-state index in [2.05, 4.69) is 10.2 Å². The lowest BCUT2D eigenvalue weighted by atomic mass is 9.93. The van der Waals surface area contributed by atoms with Gasteiger partial charge in [0.2, 0.25) is 0 Å². The molecule has 3 aromatic carbocycles. The number of H-pyrrole nitrogens is 1. The number of fused-ring (bicyclic) bond motifs is 1. The van der Waals surface area contributed by atoms with Crippen LogP contribution in [0.5, 0.6) is 11.5 Å². The fourth-order valence-corrected chi connectivity index (χ4v) is 5.08. The number of aryl methyl sites for hydroxylation is 2. The van der Waals surface area contributed by atoms with Crippen molar-refractivity contribution in [2.45, 2.75) is 32.9 Å². The van der Waals surface area contributed by atoms with Crippen LogP contribution in [0.3, 0.4) is 0 Å². The maximum atomic E-state index is 13.5. The molecule has 0 saturated heterocycles. The van der Waals surface area contributed by atoms with E-state index < -0.39 is 0 Å². The summed E-state index contributed by atoms with van der Waals surface area (Å²) in [5, 5.41) is 18.3. The number of carbonyl (C=O) groups excluding carboxylic acids is 1. The van der Waals surface area contributed by atoms with Crippen LogP contribution < -0.4 is 4.74 Å². The first-order valence-corrected chi connectivity index (χ1v) is 12.4. The Morgan fingerprint density at radius 3 is 2.51 bits per heavy atom. The second kappa shape index (κ2) is 10.5. The number of nitrogens with zero attached hydrogens (tertiary/aromatic N) is 2. The Morgan fingerprint density at radius 2 is 1.81 bits per heavy atom. The molecule has 0 radical (unpaired) electrons. The van der Waals surface area contributed by atoms with Gasteiger partial charge in [0, 0.05) is 31.4 Å². The molecule has 7 heteroatoms. The van der Waals surface area contributed by atoms with Crippen molar-refractivity contribution in [1.29, 1.82) is 0 Å². The van der Waals surface area contributed by atoms with Crippen LogP contribution >= 0.6 is 0 Å². The highest BCUT2D eigenvalue weighted by Gasteiger charge is 2.42. The smallest absolute Gasteiger partial charge is 0.273 e. The van der Waals surface area contributed by atoms with Crippen LogP contribution in [0, 0.1) is 13.8 Å². The number of rotatable bonds is 9. The fraction of sp³-hybridized carbons (Fsp3) is 0.267. The number of hydrogen-bond donors (Lipinski definition) is 2. The van der Waals surface area contributed by atoms with Crippen molar-refractivity contribution in [1.82, 2.24) is 15.1 Å². The van der Waals surface area contributed by atoms with Crippen molar-refractivity contribution < 1.29 is 19.4 Å². The number of hydrogen-bond acceptors (Lipinski definition) is 5. The van der Waals surface area contributed by atoms with Gasteiger partial charge in [-0.3, -0.25) is 9.89 Å². The molecular weight excluding hydrogens is 466 g/mol. The van der Waals surface area contributed by atoms with E-state index in [-0.39, 0.29) is 17.7 Å². The highest BCUT2D eigenvalue weighted by Crippen LogP contribution is 2.45. The Hall–Kier alpha value is -4.10. The van der Waals surface area contributed by atoms with Crippen LogP contribution in [0.15, 0.2) is 66.7 Å². The molecule has 1 amide bonds. The standard InChI is InChI=1S/C30H31N3O4/c1-19-16-20(2)25(24(34)17-19)27-26-28(32-31-27)30(35)33(14-7-15-36-3)29(26)22-10-12-23(13-11-22)37-18-21-8-5-4-6-9-21/h4-6,8-13,16-17,29,34H,7,14-15,18H2,1-3H3,(H,31,32). The van der Waals surface area contributed by atoms with Crippen LogP contribution in [0.1, 0.15) is 50.8 Å². The van der Waals surface area contributed by atoms with E-state index in [4.69, 9.17) is 9.47 Å². The molecule has 190 valence electrons. The van der Waals surface area contributed by atoms with Crippen molar-refractivity contribution in [2.75, 3.05) is 20.3 Å². The van der Waals surface area contributed by atoms with Gasteiger partial charge >= 0.3 is 0 Å². The number of aromatic nitrogens is 2. The highest BCUT2D eigenvalue weighted by atomic mass is 16.5. The molecular formula is C30H31N3O4. The summed E-state index contributed by atoms with van der Waals surface area (Å²) in [6, 6.07) is 21.3. The number of phenols is 1. The van der Waals surface area contributed by atoms with Gasteiger partial charge in [-0.05, 0) is 60.7 Å². The van der Waals surface area contributed by atoms with E-state index in [9.17, 15) is 9.90 Å². The van der Waals surface area contributed by atoms with Gasteiger partial charge in [-0.2, -0.15) is 5.10 Å². The third kappa shape index (κ3) is 4.82. The van der Waals surface area contributed by atoms with Gasteiger partial charge in [0.05, 0.1) is 6.04 Å². The Balaban J connectivity index is 1.51. The summed E-state index contributed by atoms with van der Waals surface area (Å²) in [7, 11) is 1.66. The second-order valence-electron chi connectivity index (χ2n) is 9.43. The summed E-state index contributed by atoms with van der Waals surface area (Å²) < 4.78 is 11.2. The lowest BCUT2D eigenvalue weighted by Crippen LogP contribution is -2.31. The van der Waals surface area contributed by atoms with E-state index in [0.29, 0.717) is 43.1 Å². The van der Waals surface area contributed by atoms with Crippen LogP contribution in [-0.2, 0) is 11.3 Å². The molecule has 1 aliphatic heterocycles. The lowest BCUT2D eigenvalue weighted by molar-refractivity contribution is 0.0723. The summed E-state index contributed by atoms with van der Waals surface area (Å²) in [5.74, 6) is 0.798. The predicted molar refractivity (Wildman–Crippen MR) is 142 cm³/mol. The molecule has 0 saturated carbocycles. The van der Waals surface area contributed by atoms with Gasteiger partial charge in [0.15, 0.2) is 0 Å². The first-order chi connectivity index (χ1) is 18.0. The molecule has 1 aliphatic rings. The minimum Gasteiger partial charge on any atom is -0.507 e. The molecule has 0 aliphatic carbocycles. The minimum absolute atomic E-state index is 0.108. The summed E-state index contributed by atoms with van der Waals surface area (Å²) in [6.45, 7) is 5.46. The molecule has 0 bridgehead atoms. The second-order valence-corrected chi connectivity index (χ2v) is 9.43. The van der Waals surface area contributed by atoms with Gasteiger partial charge in [-0.15, -0.1) is 0 Å². The molecule has 0 fully saturated rings. The molecule has 1 unspecified atom stereocenters. The minimum atomic E-state index is -0.351. The number of aromatic amines is 1. The first-order valence-electron chi connectivity index (χ1n) is 12.4. The van der Waals surface area contributed by atoms with Crippen molar-refractivity contribution in [3.05, 3.63) is 100 Å². The van der Waals surface area contributed by atoms with E-state index in [1.54, 1.807) is 13.2 Å². The molecule has 0 spiro atoms. The SMILES string of the molecule is COCCCN1C(=O)c2[nH]nc(-c3c(C)cc(C)cc3O)c2C1c1ccc(OCc2ccccc2)cc1. The number of benzene rings is 3. The van der Waals surface area contributed by atoms with E-state index in [1.165, 1.54) is 0 Å². The number of carbonyl (C=O) groups is 1. The highest BCUT2D eigenvalue weighted by molar-refractivity contribution is 6.00. The van der Waals surface area contributed by atoms with Crippen LogP contribution in [-0.4, -0.2) is 46.4 Å². The Kier molecular flexibility index (Phi) is 6.97. The van der Waals surface area contributed by atoms with Crippen LogP contribution in [0.2, 0.25) is 0 Å². The summed E-state index contributed by atoms with van der Waals surface area (Å²) in [6.07, 6.45) is 0.707. The number of aromatic hydroxyl groups is 1. The topological polar surface area (TPSA) is 87.7 Å². The maximum Gasteiger partial charge on any atom is 0.273 e. The van der Waals surface area contributed by atoms with Gasteiger partial charge in [0.25, 0.3) is 5.91 Å². The average Bonchev–Trinajstić information content (AvgIpc) is 3.42. The molecule has 1 atom stereocenters. The molecule has 2 heterocycles. The third-order valence-electron chi connectivity index (χ3n) is 6.75. The molecule has 5 rings (SSSR count). The van der Waals surface area contributed by atoms with Gasteiger partial charge in [-0.25, -0.2) is 0 Å². The van der Waals surface area contributed by atoms with E-state index in [0.717, 1.165) is 33.6 Å². The van der Waals surface area contributed by atoms with Crippen LogP contribution in [0.4, 0.5) is 0 Å². The molecule has 1 aromatic heterocycles. The molecule has 2 N–H and O–H groups in total. The monoisotopic (exact) mass is 497 g/mol. The molecule has 7 nitrogen and oxygen atoms in total. The van der Waals surface area contributed by atoms with Crippen LogP contribution in [0.25, 0.3) is 11.3 Å². The predicted octanol–water partition coefficient (Wildman–Crippen LogP) is 5.56. The van der Waals surface area contributed by atoms with Gasteiger partial charge in [-0.1, -0.05) is 48.5 Å². The zero-order valence-corrected chi connectivity index (χ0v) is 21.3. The summed E-state index contributed by atoms with van der Waals surface area (Å²) in [4.78, 5) is 15.3. The fourth-order valence-electron chi connectivity index (χ4n) is 5.08. The lowest BCUT2D eigenvalue weighted by Gasteiger charge is -2.26. The third-order valence-corrected chi connectivity index (χ3v) is 6.75. The normalized spacial score (nSPS) is 14.7. The number of nitrogens with one attached hydrogen (secondary N) is 1. The zero-order chi connectivity index (χ0) is 25.9. The van der Waals surface area contributed by atoms with Gasteiger partial charge < -0.3 is 19.5 Å². The number of methoxy groups -OCH3 is 1. The van der Waals surface area contributed by atoms with Crippen molar-refractivity contribution in [3.8, 4) is 22.8 Å². The van der Waals surface area contributed by atoms with Crippen molar-refractivity contribution in [2.24, 2.45) is 0 Å². The van der Waals surface area contributed by atoms with E-state index in [1.807, 2.05) is 79.4 Å². The number of ether oxygens (including phenoxy) is 2. The molecule has 37 heavy (non-hydrogen) atoms. The molecule has 4 aromatic rings. The largest absolute Gasteiger partial charge is 0.507 e. The number of amides is 1. The quantitative estimate of drug-likeness (QED) is 0.296. The first kappa shape index (κ1) is 24.6. The van der Waals surface area contributed by atoms with E-state index >= 15 is 0 Å². The van der Waals surface area contributed by atoms with Gasteiger partial charge in [0.1, 0.15) is 29.5 Å². The average molecular weight is 498 g/mol. The Morgan fingerprint density at radius 1 is 1.05 bits per heavy atom. The summed E-state index contributed by atoms with van der Waals surface area (Å²) in [5.41, 5.74) is 6.39. The summed E-state index contributed by atoms with van der Waals surface area (Å²) >= 11 is 0. The van der Waals surface area contributed by atoms with Crippen molar-refractivity contribution >= 4 is 5.91 Å². The Labute approximate surface area is 216 Å². The number of phenolic OH excluding ortho intramolecular Hbond substituents is 1. The maximum absolute atomic E-state index is 13.5. The Bertz CT molecular complexity index is 1370.